The highest BCUT2D eigenvalue weighted by Crippen LogP contribution is 2.44. The minimum absolute atomic E-state index is 0.657. The predicted molar refractivity (Wildman–Crippen MR) is 189 cm³/mol. The van der Waals surface area contributed by atoms with Crippen molar-refractivity contribution in [3.63, 3.8) is 0 Å². The largest absolute Gasteiger partial charge is 0.208 e. The zero-order valence-electron chi connectivity index (χ0n) is 24.2. The molecule has 0 radical (unpaired) electrons. The summed E-state index contributed by atoms with van der Waals surface area (Å²) in [6.45, 7) is 6.18. The van der Waals surface area contributed by atoms with Gasteiger partial charge in [0, 0.05) is 37.0 Å². The summed E-state index contributed by atoms with van der Waals surface area (Å²) in [5, 5.41) is 8.66. The molecule has 208 valence electrons. The van der Waals surface area contributed by atoms with Crippen LogP contribution in [0.1, 0.15) is 17.4 Å². The number of fused-ring (bicyclic) bond motifs is 8. The molecule has 0 saturated heterocycles. The second-order valence-corrected chi connectivity index (χ2v) is 11.8. The van der Waals surface area contributed by atoms with Gasteiger partial charge in [0.25, 0.3) is 0 Å². The smallest absolute Gasteiger partial charge is 0.164 e. The average molecular weight is 582 g/mol. The molecule has 0 spiro atoms. The fourth-order valence-electron chi connectivity index (χ4n) is 6.20. The number of hydrogen-bond acceptors (Lipinski definition) is 4. The Morgan fingerprint density at radius 3 is 1.70 bits per heavy atom. The van der Waals surface area contributed by atoms with Crippen LogP contribution >= 0.6 is 11.3 Å². The number of allylic oxidation sites excluding steroid dienone is 1. The third kappa shape index (κ3) is 4.23. The highest BCUT2D eigenvalue weighted by atomic mass is 32.1. The monoisotopic (exact) mass is 581 g/mol. The third-order valence-electron chi connectivity index (χ3n) is 8.20. The van der Waals surface area contributed by atoms with Gasteiger partial charge in [-0.1, -0.05) is 134 Å². The molecule has 0 aliphatic rings. The van der Waals surface area contributed by atoms with Crippen molar-refractivity contribution in [2.45, 2.75) is 6.92 Å². The first-order valence-corrected chi connectivity index (χ1v) is 15.5. The quantitative estimate of drug-likeness (QED) is 0.190. The number of thiophene rings is 1. The first-order chi connectivity index (χ1) is 21.7. The van der Waals surface area contributed by atoms with E-state index in [1.807, 2.05) is 78.1 Å². The van der Waals surface area contributed by atoms with Gasteiger partial charge < -0.3 is 0 Å². The summed E-state index contributed by atoms with van der Waals surface area (Å²) in [5.74, 6) is 1.98. The van der Waals surface area contributed by atoms with Crippen molar-refractivity contribution in [1.29, 1.82) is 0 Å². The van der Waals surface area contributed by atoms with Crippen molar-refractivity contribution in [3.8, 4) is 34.2 Å². The molecular formula is C40H27N3S. The summed E-state index contributed by atoms with van der Waals surface area (Å²) in [4.78, 5) is 16.1. The van der Waals surface area contributed by atoms with Crippen molar-refractivity contribution in [3.05, 3.63) is 138 Å². The molecule has 2 heterocycles. The van der Waals surface area contributed by atoms with Crippen LogP contribution in [-0.4, -0.2) is 15.0 Å². The van der Waals surface area contributed by atoms with Gasteiger partial charge in [0.15, 0.2) is 17.5 Å². The fourth-order valence-corrected chi connectivity index (χ4v) is 7.40. The molecule has 8 rings (SSSR count). The first-order valence-electron chi connectivity index (χ1n) is 14.7. The SMILES string of the molecule is C=Cc1sc2c(ccc3c4ccc(-c5nc(-c6ccccc6)nc(-c6ccccc6)n5)cc4c4ccccc4c32)c1/C=C\C. The zero-order chi connectivity index (χ0) is 29.6. The molecule has 0 amide bonds. The second kappa shape index (κ2) is 10.7. The van der Waals surface area contributed by atoms with Gasteiger partial charge in [0.05, 0.1) is 0 Å². The molecular weight excluding hydrogens is 555 g/mol. The van der Waals surface area contributed by atoms with E-state index in [0.717, 1.165) is 16.7 Å². The van der Waals surface area contributed by atoms with E-state index in [0.29, 0.717) is 17.5 Å². The molecule has 8 aromatic rings. The number of rotatable bonds is 5. The average Bonchev–Trinajstić information content (AvgIpc) is 3.46. The summed E-state index contributed by atoms with van der Waals surface area (Å²) < 4.78 is 1.30. The maximum Gasteiger partial charge on any atom is 0.164 e. The van der Waals surface area contributed by atoms with Crippen molar-refractivity contribution < 1.29 is 0 Å². The highest BCUT2D eigenvalue weighted by molar-refractivity contribution is 7.21. The fraction of sp³-hybridized carbons (Fsp3) is 0.0250. The number of benzene rings is 6. The lowest BCUT2D eigenvalue weighted by Gasteiger charge is -2.13. The molecule has 0 fully saturated rings. The molecule has 0 aliphatic carbocycles. The van der Waals surface area contributed by atoms with E-state index in [2.05, 4.69) is 80.3 Å². The molecule has 0 saturated carbocycles. The molecule has 0 unspecified atom stereocenters. The lowest BCUT2D eigenvalue weighted by Crippen LogP contribution is -2.00. The topological polar surface area (TPSA) is 38.7 Å². The lowest BCUT2D eigenvalue weighted by atomic mass is 9.92. The maximum absolute atomic E-state index is 4.99. The van der Waals surface area contributed by atoms with Crippen molar-refractivity contribution >= 4 is 65.9 Å². The highest BCUT2D eigenvalue weighted by Gasteiger charge is 2.18. The van der Waals surface area contributed by atoms with Gasteiger partial charge in [-0.2, -0.15) is 0 Å². The van der Waals surface area contributed by atoms with Gasteiger partial charge in [-0.3, -0.25) is 0 Å². The minimum Gasteiger partial charge on any atom is -0.208 e. The molecule has 3 nitrogen and oxygen atoms in total. The van der Waals surface area contributed by atoms with Crippen LogP contribution in [0.3, 0.4) is 0 Å². The molecule has 0 bridgehead atoms. The van der Waals surface area contributed by atoms with Gasteiger partial charge in [-0.15, -0.1) is 11.3 Å². The Morgan fingerprint density at radius 2 is 1.07 bits per heavy atom. The van der Waals surface area contributed by atoms with Gasteiger partial charge in [0.2, 0.25) is 0 Å². The first kappa shape index (κ1) is 26.2. The Bertz CT molecular complexity index is 2330. The van der Waals surface area contributed by atoms with E-state index in [9.17, 15) is 0 Å². The molecule has 6 aromatic carbocycles. The number of nitrogens with zero attached hydrogens (tertiary/aromatic N) is 3. The van der Waals surface area contributed by atoms with Crippen LogP contribution in [0.25, 0.3) is 88.7 Å². The van der Waals surface area contributed by atoms with Crippen LogP contribution in [0.4, 0.5) is 0 Å². The predicted octanol–water partition coefficient (Wildman–Crippen LogP) is 11.2. The molecule has 0 aliphatic heterocycles. The summed E-state index contributed by atoms with van der Waals surface area (Å²) in [7, 11) is 0. The Balaban J connectivity index is 1.41. The summed E-state index contributed by atoms with van der Waals surface area (Å²) in [6.07, 6.45) is 6.27. The summed E-state index contributed by atoms with van der Waals surface area (Å²) in [5.41, 5.74) is 4.12. The summed E-state index contributed by atoms with van der Waals surface area (Å²) in [6, 6.07) is 40.1. The van der Waals surface area contributed by atoms with E-state index in [1.54, 1.807) is 0 Å². The van der Waals surface area contributed by atoms with Crippen LogP contribution < -0.4 is 0 Å². The molecule has 2 aromatic heterocycles. The van der Waals surface area contributed by atoms with Gasteiger partial charge in [-0.25, -0.2) is 15.0 Å². The molecule has 0 atom stereocenters. The van der Waals surface area contributed by atoms with E-state index in [-0.39, 0.29) is 0 Å². The van der Waals surface area contributed by atoms with Crippen molar-refractivity contribution in [2.75, 3.05) is 0 Å². The molecule has 44 heavy (non-hydrogen) atoms. The molecule has 0 N–H and O–H groups in total. The van der Waals surface area contributed by atoms with Crippen molar-refractivity contribution in [2.24, 2.45) is 0 Å². The van der Waals surface area contributed by atoms with Crippen molar-refractivity contribution in [1.82, 2.24) is 15.0 Å². The maximum atomic E-state index is 4.99. The number of hydrogen-bond donors (Lipinski definition) is 0. The number of aromatic nitrogens is 3. The Morgan fingerprint density at radius 1 is 0.545 bits per heavy atom. The van der Waals surface area contributed by atoms with Crippen LogP contribution in [0.15, 0.2) is 128 Å². The van der Waals surface area contributed by atoms with Crippen LogP contribution in [0.5, 0.6) is 0 Å². The molecule has 4 heteroatoms. The Hall–Kier alpha value is -5.45. The minimum atomic E-state index is 0.657. The summed E-state index contributed by atoms with van der Waals surface area (Å²) >= 11 is 1.82. The Labute approximate surface area is 259 Å². The van der Waals surface area contributed by atoms with Gasteiger partial charge in [0.1, 0.15) is 0 Å². The van der Waals surface area contributed by atoms with Crippen LogP contribution in [-0.2, 0) is 0 Å². The van der Waals surface area contributed by atoms with E-state index in [1.165, 1.54) is 52.8 Å². The normalized spacial score (nSPS) is 11.8. The second-order valence-electron chi connectivity index (χ2n) is 10.8. The van der Waals surface area contributed by atoms with Gasteiger partial charge >= 0.3 is 0 Å². The van der Waals surface area contributed by atoms with E-state index >= 15 is 0 Å². The van der Waals surface area contributed by atoms with Crippen LogP contribution in [0, 0.1) is 0 Å². The zero-order valence-corrected chi connectivity index (χ0v) is 25.0. The van der Waals surface area contributed by atoms with Gasteiger partial charge in [-0.05, 0) is 45.5 Å². The third-order valence-corrected chi connectivity index (χ3v) is 9.43. The van der Waals surface area contributed by atoms with E-state index in [4.69, 9.17) is 15.0 Å². The van der Waals surface area contributed by atoms with E-state index < -0.39 is 0 Å². The standard InChI is InChI=1S/C40H27N3S/c1-3-13-30-33-23-22-32-29-21-20-27(24-34(29)28-18-11-12-19-31(28)36(32)37(33)44-35(30)4-2)40-42-38(25-14-7-5-8-15-25)41-39(43-40)26-16-9-6-10-17-26/h3-24H,2H2,1H3/b13-3-. The lowest BCUT2D eigenvalue weighted by molar-refractivity contribution is 1.07. The Kier molecular flexibility index (Phi) is 6.36. The van der Waals surface area contributed by atoms with Crippen LogP contribution in [0.2, 0.25) is 0 Å².